The van der Waals surface area contributed by atoms with E-state index in [0.717, 1.165) is 18.2 Å². The molecule has 0 fully saturated rings. The minimum absolute atomic E-state index is 0.0532. The Balaban J connectivity index is 1.87. The van der Waals surface area contributed by atoms with Crippen LogP contribution < -0.4 is 15.5 Å². The summed E-state index contributed by atoms with van der Waals surface area (Å²) in [6.45, 7) is 0. The molecule has 2 aromatic rings. The van der Waals surface area contributed by atoms with E-state index in [1.54, 1.807) is 24.3 Å². The third-order valence-electron chi connectivity index (χ3n) is 3.29. The zero-order valence-corrected chi connectivity index (χ0v) is 14.2. The van der Waals surface area contributed by atoms with Crippen molar-refractivity contribution in [3.8, 4) is 5.75 Å². The van der Waals surface area contributed by atoms with E-state index in [4.69, 9.17) is 4.74 Å². The highest BCUT2D eigenvalue weighted by molar-refractivity contribution is 6.03. The number of nitrogens with one attached hydrogen (secondary N) is 2. The van der Waals surface area contributed by atoms with Gasteiger partial charge in [0.2, 0.25) is 11.8 Å². The highest BCUT2D eigenvalue weighted by atomic mass is 19.4. The summed E-state index contributed by atoms with van der Waals surface area (Å²) in [6.07, 6.45) is -3.75. The second-order valence-electron chi connectivity index (χ2n) is 5.37. The minimum Gasteiger partial charge on any atom is -0.497 e. The van der Waals surface area contributed by atoms with E-state index in [9.17, 15) is 22.8 Å². The summed E-state index contributed by atoms with van der Waals surface area (Å²) in [5, 5.41) is 5.95. The van der Waals surface area contributed by atoms with Gasteiger partial charge in [-0.1, -0.05) is 18.2 Å². The first-order valence-corrected chi connectivity index (χ1v) is 7.71. The van der Waals surface area contributed by atoms with Crippen molar-refractivity contribution >= 4 is 23.7 Å². The lowest BCUT2D eigenvalue weighted by Crippen LogP contribution is -2.24. The van der Waals surface area contributed by atoms with Gasteiger partial charge in [-0.15, -0.1) is 0 Å². The molecule has 27 heavy (non-hydrogen) atoms. The Morgan fingerprint density at radius 1 is 1.11 bits per heavy atom. The Morgan fingerprint density at radius 3 is 2.56 bits per heavy atom. The molecule has 2 rings (SSSR count). The number of ether oxygens (including phenoxy) is 1. The molecule has 2 amide bonds. The monoisotopic (exact) mass is 379 g/mol. The molecule has 0 bridgehead atoms. The summed E-state index contributed by atoms with van der Waals surface area (Å²) in [5.74, 6) is -0.854. The lowest BCUT2D eigenvalue weighted by atomic mass is 10.2. The SMILES string of the molecule is COc1cccc(C=NNC(=O)CC(=O)Nc2cccc(C(F)(F)F)c2)c1. The molecule has 2 N–H and O–H groups in total. The number of alkyl halides is 3. The lowest BCUT2D eigenvalue weighted by molar-refractivity contribution is -0.137. The average Bonchev–Trinajstić information content (AvgIpc) is 2.61. The fraction of sp³-hybridized carbons (Fsp3) is 0.167. The molecule has 142 valence electrons. The smallest absolute Gasteiger partial charge is 0.416 e. The number of rotatable bonds is 6. The van der Waals surface area contributed by atoms with Gasteiger partial charge in [-0.05, 0) is 35.9 Å². The molecule has 0 unspecified atom stereocenters. The van der Waals surface area contributed by atoms with Gasteiger partial charge >= 0.3 is 6.18 Å². The molecule has 6 nitrogen and oxygen atoms in total. The molecule has 0 saturated heterocycles. The van der Waals surface area contributed by atoms with Crippen LogP contribution in [-0.4, -0.2) is 25.1 Å². The summed E-state index contributed by atoms with van der Waals surface area (Å²) in [4.78, 5) is 23.5. The van der Waals surface area contributed by atoms with Crippen molar-refractivity contribution < 1.29 is 27.5 Å². The quantitative estimate of drug-likeness (QED) is 0.460. The van der Waals surface area contributed by atoms with Crippen molar-refractivity contribution in [3.05, 3.63) is 59.7 Å². The number of amides is 2. The molecular formula is C18H16F3N3O3. The number of benzene rings is 2. The molecule has 0 aromatic heterocycles. The maximum absolute atomic E-state index is 12.6. The van der Waals surface area contributed by atoms with E-state index in [2.05, 4.69) is 15.8 Å². The Bertz CT molecular complexity index is 851. The second kappa shape index (κ2) is 8.84. The first kappa shape index (κ1) is 20.0. The first-order chi connectivity index (χ1) is 12.8. The van der Waals surface area contributed by atoms with Gasteiger partial charge in [-0.2, -0.15) is 18.3 Å². The van der Waals surface area contributed by atoms with Crippen molar-refractivity contribution in [1.82, 2.24) is 5.43 Å². The molecular weight excluding hydrogens is 363 g/mol. The van der Waals surface area contributed by atoms with Gasteiger partial charge in [0.1, 0.15) is 12.2 Å². The average molecular weight is 379 g/mol. The van der Waals surface area contributed by atoms with E-state index < -0.39 is 30.0 Å². The second-order valence-corrected chi connectivity index (χ2v) is 5.37. The highest BCUT2D eigenvalue weighted by Gasteiger charge is 2.30. The van der Waals surface area contributed by atoms with E-state index in [0.29, 0.717) is 11.3 Å². The summed E-state index contributed by atoms with van der Waals surface area (Å²) in [7, 11) is 1.51. The highest BCUT2D eigenvalue weighted by Crippen LogP contribution is 2.30. The van der Waals surface area contributed by atoms with Crippen LogP contribution in [0.1, 0.15) is 17.5 Å². The number of hydrazone groups is 1. The number of carbonyl (C=O) groups excluding carboxylic acids is 2. The summed E-state index contributed by atoms with van der Waals surface area (Å²) < 4.78 is 43.0. The van der Waals surface area contributed by atoms with Crippen LogP contribution in [-0.2, 0) is 15.8 Å². The van der Waals surface area contributed by atoms with Crippen LogP contribution in [0.3, 0.4) is 0 Å². The van der Waals surface area contributed by atoms with Crippen LogP contribution in [0.25, 0.3) is 0 Å². The minimum atomic E-state index is -4.52. The number of hydrogen-bond acceptors (Lipinski definition) is 4. The molecule has 0 aliphatic carbocycles. The van der Waals surface area contributed by atoms with Crippen LogP contribution in [0.5, 0.6) is 5.75 Å². The maximum atomic E-state index is 12.6. The molecule has 0 aliphatic rings. The summed E-state index contributed by atoms with van der Waals surface area (Å²) in [5.41, 5.74) is 1.89. The van der Waals surface area contributed by atoms with Crippen molar-refractivity contribution in [2.75, 3.05) is 12.4 Å². The molecule has 0 aliphatic heterocycles. The molecule has 2 aromatic carbocycles. The number of anilines is 1. The van der Waals surface area contributed by atoms with Crippen LogP contribution in [0, 0.1) is 0 Å². The largest absolute Gasteiger partial charge is 0.497 e. The predicted octanol–water partition coefficient (Wildman–Crippen LogP) is 3.19. The van der Waals surface area contributed by atoms with Crippen LogP contribution in [0.2, 0.25) is 0 Å². The number of hydrogen-bond donors (Lipinski definition) is 2. The van der Waals surface area contributed by atoms with E-state index in [1.165, 1.54) is 19.4 Å². The lowest BCUT2D eigenvalue weighted by Gasteiger charge is -2.09. The van der Waals surface area contributed by atoms with Gasteiger partial charge in [-0.3, -0.25) is 9.59 Å². The van der Waals surface area contributed by atoms with Crippen LogP contribution >= 0.6 is 0 Å². The maximum Gasteiger partial charge on any atom is 0.416 e. The number of carbonyl (C=O) groups is 2. The zero-order chi connectivity index (χ0) is 19.9. The van der Waals surface area contributed by atoms with Crippen LogP contribution in [0.4, 0.5) is 18.9 Å². The van der Waals surface area contributed by atoms with E-state index >= 15 is 0 Å². The van der Waals surface area contributed by atoms with Gasteiger partial charge in [0, 0.05) is 5.69 Å². The van der Waals surface area contributed by atoms with Crippen molar-refractivity contribution in [2.24, 2.45) is 5.10 Å². The normalized spacial score (nSPS) is 11.3. The molecule has 9 heteroatoms. The standard InChI is InChI=1S/C18H16F3N3O3/c1-27-15-7-2-4-12(8-15)11-22-24-17(26)10-16(25)23-14-6-3-5-13(9-14)18(19,20)21/h2-9,11H,10H2,1H3,(H,23,25)(H,24,26). The molecule has 0 spiro atoms. The fourth-order valence-electron chi connectivity index (χ4n) is 2.06. The zero-order valence-electron chi connectivity index (χ0n) is 14.2. The van der Waals surface area contributed by atoms with Crippen molar-refractivity contribution in [2.45, 2.75) is 12.6 Å². The number of methoxy groups -OCH3 is 1. The first-order valence-electron chi connectivity index (χ1n) is 7.71. The van der Waals surface area contributed by atoms with E-state index in [-0.39, 0.29) is 5.69 Å². The van der Waals surface area contributed by atoms with Crippen LogP contribution in [0.15, 0.2) is 53.6 Å². The van der Waals surface area contributed by atoms with Gasteiger partial charge in [0.05, 0.1) is 18.9 Å². The Labute approximate surface area is 153 Å². The van der Waals surface area contributed by atoms with Crippen molar-refractivity contribution in [3.63, 3.8) is 0 Å². The number of nitrogens with zero attached hydrogens (tertiary/aromatic N) is 1. The van der Waals surface area contributed by atoms with Crippen molar-refractivity contribution in [1.29, 1.82) is 0 Å². The Kier molecular flexibility index (Phi) is 6.53. The molecule has 0 saturated carbocycles. The summed E-state index contributed by atoms with van der Waals surface area (Å²) in [6, 6.07) is 11.0. The molecule has 0 radical (unpaired) electrons. The number of halogens is 3. The third kappa shape index (κ3) is 6.46. The van der Waals surface area contributed by atoms with Gasteiger partial charge in [0.25, 0.3) is 0 Å². The van der Waals surface area contributed by atoms with Gasteiger partial charge in [0.15, 0.2) is 0 Å². The topological polar surface area (TPSA) is 79.8 Å². The third-order valence-corrected chi connectivity index (χ3v) is 3.29. The molecule has 0 atom stereocenters. The predicted molar refractivity (Wildman–Crippen MR) is 93.4 cm³/mol. The fourth-order valence-corrected chi connectivity index (χ4v) is 2.06. The Hall–Kier alpha value is -3.36. The van der Waals surface area contributed by atoms with Gasteiger partial charge in [-0.25, -0.2) is 5.43 Å². The van der Waals surface area contributed by atoms with E-state index in [1.807, 2.05) is 0 Å². The summed E-state index contributed by atoms with van der Waals surface area (Å²) >= 11 is 0. The Morgan fingerprint density at radius 2 is 1.85 bits per heavy atom. The molecule has 0 heterocycles. The van der Waals surface area contributed by atoms with Gasteiger partial charge < -0.3 is 10.1 Å².